The Balaban J connectivity index is 2.74. The summed E-state index contributed by atoms with van der Waals surface area (Å²) in [6, 6.07) is 3.65. The van der Waals surface area contributed by atoms with E-state index < -0.39 is 30.5 Å². The number of benzene rings is 1. The van der Waals surface area contributed by atoms with Crippen molar-refractivity contribution in [1.82, 2.24) is 5.32 Å². The lowest BCUT2D eigenvalue weighted by molar-refractivity contribution is -0.148. The van der Waals surface area contributed by atoms with Crippen molar-refractivity contribution >= 4 is 0 Å². The van der Waals surface area contributed by atoms with E-state index in [1.165, 1.54) is 6.07 Å². The molecule has 1 unspecified atom stereocenters. The van der Waals surface area contributed by atoms with Gasteiger partial charge in [0, 0.05) is 6.04 Å². The Bertz CT molecular complexity index is 439. The van der Waals surface area contributed by atoms with Crippen molar-refractivity contribution in [2.75, 3.05) is 13.2 Å². The van der Waals surface area contributed by atoms with Gasteiger partial charge >= 0.3 is 12.3 Å². The Morgan fingerprint density at radius 1 is 1.30 bits per heavy atom. The van der Waals surface area contributed by atoms with Gasteiger partial charge in [0.15, 0.2) is 18.2 Å². The normalized spacial score (nSPS) is 13.6. The average Bonchev–Trinajstić information content (AvgIpc) is 2.37. The largest absolute Gasteiger partial charge is 0.484 e. The van der Waals surface area contributed by atoms with Gasteiger partial charge in [-0.3, -0.25) is 0 Å². The predicted octanol–water partition coefficient (Wildman–Crippen LogP) is 3.78. The number of rotatable bonds is 7. The second-order valence-corrected chi connectivity index (χ2v) is 4.32. The minimum absolute atomic E-state index is 0.119. The fourth-order valence-electron chi connectivity index (χ4n) is 1.56. The third kappa shape index (κ3) is 4.33. The van der Waals surface area contributed by atoms with E-state index >= 15 is 0 Å². The summed E-state index contributed by atoms with van der Waals surface area (Å²) >= 11 is 0. The number of nitrogens with one attached hydrogen (secondary N) is 1. The Kier molecular flexibility index (Phi) is 5.74. The molecule has 1 aromatic rings. The highest BCUT2D eigenvalue weighted by atomic mass is 19.3. The monoisotopic (exact) mass is 297 g/mol. The van der Waals surface area contributed by atoms with Crippen LogP contribution in [0.1, 0.15) is 25.5 Å². The van der Waals surface area contributed by atoms with Crippen LogP contribution < -0.4 is 10.1 Å². The summed E-state index contributed by atoms with van der Waals surface area (Å²) in [5.41, 5.74) is 0.609. The Morgan fingerprint density at radius 2 is 1.95 bits per heavy atom. The molecule has 0 fully saturated rings. The van der Waals surface area contributed by atoms with Gasteiger partial charge in [-0.2, -0.15) is 8.78 Å². The van der Waals surface area contributed by atoms with Crippen LogP contribution in [0, 0.1) is 5.82 Å². The van der Waals surface area contributed by atoms with Gasteiger partial charge in [-0.25, -0.2) is 13.2 Å². The highest BCUT2D eigenvalue weighted by Crippen LogP contribution is 2.27. The SMILES string of the molecule is CCNC(C)c1ccc(OCC(F)(F)C(F)F)c(F)c1. The minimum Gasteiger partial charge on any atom is -0.484 e. The molecule has 0 spiro atoms. The van der Waals surface area contributed by atoms with Crippen molar-refractivity contribution in [3.05, 3.63) is 29.6 Å². The summed E-state index contributed by atoms with van der Waals surface area (Å²) in [5.74, 6) is -5.64. The van der Waals surface area contributed by atoms with Crippen LogP contribution in [-0.4, -0.2) is 25.5 Å². The molecule has 0 amide bonds. The lowest BCUT2D eigenvalue weighted by atomic mass is 10.1. The van der Waals surface area contributed by atoms with E-state index in [0.29, 0.717) is 12.1 Å². The first-order chi connectivity index (χ1) is 9.27. The molecule has 1 N–H and O–H groups in total. The molecule has 0 saturated carbocycles. The van der Waals surface area contributed by atoms with E-state index in [-0.39, 0.29) is 6.04 Å². The standard InChI is InChI=1S/C13H16F5NO/c1-3-19-8(2)9-4-5-11(10(14)6-9)20-7-13(17,18)12(15)16/h4-6,8,12,19H,3,7H2,1-2H3. The van der Waals surface area contributed by atoms with Gasteiger partial charge in [0.05, 0.1) is 0 Å². The van der Waals surface area contributed by atoms with Gasteiger partial charge in [0.2, 0.25) is 0 Å². The van der Waals surface area contributed by atoms with Crippen molar-refractivity contribution in [1.29, 1.82) is 0 Å². The lowest BCUT2D eigenvalue weighted by Crippen LogP contribution is -2.33. The van der Waals surface area contributed by atoms with E-state index in [2.05, 4.69) is 10.1 Å². The van der Waals surface area contributed by atoms with E-state index in [9.17, 15) is 22.0 Å². The third-order valence-electron chi connectivity index (χ3n) is 2.71. The zero-order valence-corrected chi connectivity index (χ0v) is 11.1. The second kappa shape index (κ2) is 6.88. The zero-order valence-electron chi connectivity index (χ0n) is 11.1. The van der Waals surface area contributed by atoms with Crippen LogP contribution in [0.25, 0.3) is 0 Å². The topological polar surface area (TPSA) is 21.3 Å². The summed E-state index contributed by atoms with van der Waals surface area (Å²) < 4.78 is 67.3. The Morgan fingerprint density at radius 3 is 2.45 bits per heavy atom. The van der Waals surface area contributed by atoms with Crippen molar-refractivity contribution < 1.29 is 26.7 Å². The number of hydrogen-bond donors (Lipinski definition) is 1. The number of halogens is 5. The Hall–Kier alpha value is -1.37. The number of ether oxygens (including phenoxy) is 1. The molecular formula is C13H16F5NO. The van der Waals surface area contributed by atoms with Crippen LogP contribution in [-0.2, 0) is 0 Å². The minimum atomic E-state index is -4.30. The second-order valence-electron chi connectivity index (χ2n) is 4.32. The molecule has 0 heterocycles. The molecule has 0 aliphatic rings. The maximum absolute atomic E-state index is 13.6. The first-order valence-electron chi connectivity index (χ1n) is 6.09. The lowest BCUT2D eigenvalue weighted by Gasteiger charge is -2.17. The fourth-order valence-corrected chi connectivity index (χ4v) is 1.56. The summed E-state index contributed by atoms with van der Waals surface area (Å²) in [7, 11) is 0. The molecular weight excluding hydrogens is 281 g/mol. The molecule has 7 heteroatoms. The molecule has 0 saturated heterocycles. The van der Waals surface area contributed by atoms with Gasteiger partial charge in [-0.15, -0.1) is 0 Å². The predicted molar refractivity (Wildman–Crippen MR) is 64.9 cm³/mol. The maximum atomic E-state index is 13.6. The summed E-state index contributed by atoms with van der Waals surface area (Å²) in [6.45, 7) is 2.81. The third-order valence-corrected chi connectivity index (χ3v) is 2.71. The van der Waals surface area contributed by atoms with Crippen molar-refractivity contribution in [3.8, 4) is 5.75 Å². The molecule has 0 bridgehead atoms. The van der Waals surface area contributed by atoms with E-state index in [0.717, 1.165) is 12.1 Å². The van der Waals surface area contributed by atoms with E-state index in [4.69, 9.17) is 0 Å². The smallest absolute Gasteiger partial charge is 0.340 e. The number of hydrogen-bond acceptors (Lipinski definition) is 2. The van der Waals surface area contributed by atoms with Crippen LogP contribution in [0.4, 0.5) is 22.0 Å². The molecule has 1 atom stereocenters. The molecule has 1 rings (SSSR count). The maximum Gasteiger partial charge on any atom is 0.340 e. The van der Waals surface area contributed by atoms with Crippen LogP contribution in [0.3, 0.4) is 0 Å². The summed E-state index contributed by atoms with van der Waals surface area (Å²) in [6.07, 6.45) is -3.85. The summed E-state index contributed by atoms with van der Waals surface area (Å²) in [4.78, 5) is 0. The fraction of sp³-hybridized carbons (Fsp3) is 0.538. The van der Waals surface area contributed by atoms with Gasteiger partial charge in [0.1, 0.15) is 0 Å². The van der Waals surface area contributed by atoms with Gasteiger partial charge in [-0.1, -0.05) is 13.0 Å². The molecule has 0 radical (unpaired) electrons. The van der Waals surface area contributed by atoms with Crippen LogP contribution >= 0.6 is 0 Å². The van der Waals surface area contributed by atoms with Crippen LogP contribution in [0.5, 0.6) is 5.75 Å². The summed E-state index contributed by atoms with van der Waals surface area (Å²) in [5, 5.41) is 3.05. The average molecular weight is 297 g/mol. The first-order valence-corrected chi connectivity index (χ1v) is 6.09. The van der Waals surface area contributed by atoms with E-state index in [1.54, 1.807) is 0 Å². The highest BCUT2D eigenvalue weighted by Gasteiger charge is 2.41. The van der Waals surface area contributed by atoms with Crippen LogP contribution in [0.2, 0.25) is 0 Å². The first kappa shape index (κ1) is 16.7. The van der Waals surface area contributed by atoms with E-state index in [1.807, 2.05) is 13.8 Å². The van der Waals surface area contributed by atoms with Crippen molar-refractivity contribution in [2.24, 2.45) is 0 Å². The molecule has 114 valence electrons. The molecule has 0 aromatic heterocycles. The number of alkyl halides is 4. The molecule has 0 aliphatic carbocycles. The van der Waals surface area contributed by atoms with Gasteiger partial charge in [-0.05, 0) is 31.2 Å². The quantitative estimate of drug-likeness (QED) is 0.773. The molecule has 20 heavy (non-hydrogen) atoms. The molecule has 0 aliphatic heterocycles. The molecule has 1 aromatic carbocycles. The van der Waals surface area contributed by atoms with Crippen molar-refractivity contribution in [2.45, 2.75) is 32.2 Å². The Labute approximate surface area is 113 Å². The zero-order chi connectivity index (χ0) is 15.3. The van der Waals surface area contributed by atoms with Gasteiger partial charge < -0.3 is 10.1 Å². The molecule has 2 nitrogen and oxygen atoms in total. The van der Waals surface area contributed by atoms with Crippen LogP contribution in [0.15, 0.2) is 18.2 Å². The van der Waals surface area contributed by atoms with Gasteiger partial charge in [0.25, 0.3) is 0 Å². The highest BCUT2D eigenvalue weighted by molar-refractivity contribution is 5.31. The van der Waals surface area contributed by atoms with Crippen molar-refractivity contribution in [3.63, 3.8) is 0 Å².